The maximum absolute atomic E-state index is 12.3. The van der Waals surface area contributed by atoms with Gasteiger partial charge in [0.05, 0.1) is 12.6 Å². The first-order valence-corrected chi connectivity index (χ1v) is 7.01. The van der Waals surface area contributed by atoms with E-state index in [-0.39, 0.29) is 16.1 Å². The van der Waals surface area contributed by atoms with Crippen molar-refractivity contribution in [1.82, 2.24) is 9.29 Å². The third kappa shape index (κ3) is 2.44. The second kappa shape index (κ2) is 4.89. The minimum Gasteiger partial charge on any atom is -0.380 e. The van der Waals surface area contributed by atoms with Crippen LogP contribution in [0.3, 0.4) is 0 Å². The van der Waals surface area contributed by atoms with Crippen molar-refractivity contribution in [2.24, 2.45) is 0 Å². The average molecular weight is 277 g/mol. The Bertz CT molecular complexity index is 500. The molecule has 0 spiro atoms. The lowest BCUT2D eigenvalue weighted by Gasteiger charge is -2.22. The monoisotopic (exact) mass is 276 g/mol. The minimum atomic E-state index is -3.59. The van der Waals surface area contributed by atoms with Crippen LogP contribution < -0.4 is 0 Å². The van der Waals surface area contributed by atoms with E-state index >= 15 is 0 Å². The van der Waals surface area contributed by atoms with E-state index in [2.05, 4.69) is 4.98 Å². The summed E-state index contributed by atoms with van der Waals surface area (Å²) in [6, 6.07) is 2.88. The Morgan fingerprint density at radius 1 is 1.59 bits per heavy atom. The first kappa shape index (κ1) is 12.8. The molecule has 5 nitrogen and oxygen atoms in total. The van der Waals surface area contributed by atoms with Gasteiger partial charge in [0.2, 0.25) is 10.0 Å². The number of aromatic nitrogens is 1. The lowest BCUT2D eigenvalue weighted by molar-refractivity contribution is 0.181. The molecule has 1 aromatic rings. The van der Waals surface area contributed by atoms with E-state index in [4.69, 9.17) is 16.3 Å². The lowest BCUT2D eigenvalue weighted by atomic mass is 10.3. The summed E-state index contributed by atoms with van der Waals surface area (Å²) in [7, 11) is -2.05. The zero-order valence-electron chi connectivity index (χ0n) is 9.34. The first-order valence-electron chi connectivity index (χ1n) is 5.20. The van der Waals surface area contributed by atoms with Crippen LogP contribution in [-0.2, 0) is 14.8 Å². The van der Waals surface area contributed by atoms with Crippen LogP contribution in [0.4, 0.5) is 0 Å². The summed E-state index contributed by atoms with van der Waals surface area (Å²) in [6.45, 7) is 1.01. The van der Waals surface area contributed by atoms with Crippen molar-refractivity contribution in [3.05, 3.63) is 23.5 Å². The van der Waals surface area contributed by atoms with Gasteiger partial charge in [-0.2, -0.15) is 4.31 Å². The Labute approximate surface area is 105 Å². The number of sulfonamides is 1. The van der Waals surface area contributed by atoms with E-state index in [0.29, 0.717) is 19.6 Å². The summed E-state index contributed by atoms with van der Waals surface area (Å²) in [5.41, 5.74) is 0. The fourth-order valence-corrected chi connectivity index (χ4v) is 3.52. The Kier molecular flexibility index (Phi) is 3.67. The van der Waals surface area contributed by atoms with E-state index in [1.165, 1.54) is 23.6 Å². The topological polar surface area (TPSA) is 59.5 Å². The molecular formula is C10H13ClN2O3S. The summed E-state index contributed by atoms with van der Waals surface area (Å²) in [5.74, 6) is 0. The SMILES string of the molecule is CN(C1CCOC1)S(=O)(=O)c1cccnc1Cl. The number of nitrogens with zero attached hydrogens (tertiary/aromatic N) is 2. The summed E-state index contributed by atoms with van der Waals surface area (Å²) in [6.07, 6.45) is 2.16. The summed E-state index contributed by atoms with van der Waals surface area (Å²) in [4.78, 5) is 3.82. The molecule has 2 rings (SSSR count). The molecule has 1 fully saturated rings. The summed E-state index contributed by atoms with van der Waals surface area (Å²) < 4.78 is 31.1. The number of pyridine rings is 1. The quantitative estimate of drug-likeness (QED) is 0.777. The molecule has 0 bridgehead atoms. The molecule has 1 atom stereocenters. The molecule has 0 aliphatic carbocycles. The summed E-state index contributed by atoms with van der Waals surface area (Å²) in [5, 5.41) is -0.00161. The fraction of sp³-hybridized carbons (Fsp3) is 0.500. The molecule has 0 amide bonds. The Hall–Kier alpha value is -0.690. The molecule has 1 aromatic heterocycles. The standard InChI is InChI=1S/C10H13ClN2O3S/c1-13(8-4-6-16-7-8)17(14,15)9-3-2-5-12-10(9)11/h2-3,5,8H,4,6-7H2,1H3. The fourth-order valence-electron chi connectivity index (χ4n) is 1.72. The molecule has 1 aliphatic heterocycles. The highest BCUT2D eigenvalue weighted by Crippen LogP contribution is 2.24. The highest BCUT2D eigenvalue weighted by atomic mass is 35.5. The highest BCUT2D eigenvalue weighted by Gasteiger charge is 2.32. The van der Waals surface area contributed by atoms with Crippen molar-refractivity contribution < 1.29 is 13.2 Å². The second-order valence-corrected chi connectivity index (χ2v) is 6.15. The predicted octanol–water partition coefficient (Wildman–Crippen LogP) is 1.14. The van der Waals surface area contributed by atoms with Gasteiger partial charge in [-0.25, -0.2) is 13.4 Å². The zero-order valence-corrected chi connectivity index (χ0v) is 10.9. The number of halogens is 1. The van der Waals surface area contributed by atoms with Crippen molar-refractivity contribution in [3.8, 4) is 0 Å². The molecule has 2 heterocycles. The molecule has 0 N–H and O–H groups in total. The molecule has 0 radical (unpaired) electrons. The summed E-state index contributed by atoms with van der Waals surface area (Å²) >= 11 is 5.81. The normalized spacial score (nSPS) is 21.0. The Morgan fingerprint density at radius 2 is 2.35 bits per heavy atom. The molecule has 0 saturated carbocycles. The molecule has 1 aliphatic rings. The van der Waals surface area contributed by atoms with Gasteiger partial charge < -0.3 is 4.74 Å². The lowest BCUT2D eigenvalue weighted by Crippen LogP contribution is -2.37. The number of rotatable bonds is 3. The molecule has 17 heavy (non-hydrogen) atoms. The predicted molar refractivity (Wildman–Crippen MR) is 63.4 cm³/mol. The number of hydrogen-bond acceptors (Lipinski definition) is 4. The largest absolute Gasteiger partial charge is 0.380 e. The van der Waals surface area contributed by atoms with Crippen LogP contribution in [-0.4, -0.2) is 44.0 Å². The zero-order chi connectivity index (χ0) is 12.5. The van der Waals surface area contributed by atoms with Gasteiger partial charge in [0.15, 0.2) is 0 Å². The first-order chi connectivity index (χ1) is 8.03. The minimum absolute atomic E-state index is 0.00161. The molecular weight excluding hydrogens is 264 g/mol. The average Bonchev–Trinajstić information content (AvgIpc) is 2.81. The smallest absolute Gasteiger partial charge is 0.246 e. The third-order valence-corrected chi connectivity index (χ3v) is 5.16. The van der Waals surface area contributed by atoms with Gasteiger partial charge in [-0.05, 0) is 18.6 Å². The highest BCUT2D eigenvalue weighted by molar-refractivity contribution is 7.89. The van der Waals surface area contributed by atoms with Gasteiger partial charge in [-0.1, -0.05) is 11.6 Å². The Balaban J connectivity index is 2.33. The van der Waals surface area contributed by atoms with Crippen LogP contribution in [0, 0.1) is 0 Å². The third-order valence-electron chi connectivity index (χ3n) is 2.80. The number of hydrogen-bond donors (Lipinski definition) is 0. The maximum Gasteiger partial charge on any atom is 0.246 e. The van der Waals surface area contributed by atoms with E-state index in [1.807, 2.05) is 0 Å². The van der Waals surface area contributed by atoms with Crippen LogP contribution in [0.25, 0.3) is 0 Å². The molecule has 0 aromatic carbocycles. The van der Waals surface area contributed by atoms with Gasteiger partial charge in [-0.15, -0.1) is 0 Å². The molecule has 7 heteroatoms. The van der Waals surface area contributed by atoms with Crippen LogP contribution in [0.5, 0.6) is 0 Å². The van der Waals surface area contributed by atoms with Gasteiger partial charge in [0.1, 0.15) is 10.0 Å². The van der Waals surface area contributed by atoms with Crippen LogP contribution >= 0.6 is 11.6 Å². The van der Waals surface area contributed by atoms with E-state index in [1.54, 1.807) is 6.07 Å². The molecule has 1 unspecified atom stereocenters. The van der Waals surface area contributed by atoms with E-state index in [9.17, 15) is 8.42 Å². The Morgan fingerprint density at radius 3 is 2.94 bits per heavy atom. The van der Waals surface area contributed by atoms with Crippen molar-refractivity contribution in [2.75, 3.05) is 20.3 Å². The van der Waals surface area contributed by atoms with Crippen molar-refractivity contribution in [1.29, 1.82) is 0 Å². The van der Waals surface area contributed by atoms with E-state index < -0.39 is 10.0 Å². The van der Waals surface area contributed by atoms with Crippen molar-refractivity contribution in [3.63, 3.8) is 0 Å². The van der Waals surface area contributed by atoms with Crippen molar-refractivity contribution >= 4 is 21.6 Å². The van der Waals surface area contributed by atoms with Gasteiger partial charge in [0, 0.05) is 19.9 Å². The van der Waals surface area contributed by atoms with Crippen LogP contribution in [0.15, 0.2) is 23.2 Å². The van der Waals surface area contributed by atoms with Gasteiger partial charge >= 0.3 is 0 Å². The molecule has 94 valence electrons. The second-order valence-electron chi connectivity index (χ2n) is 3.83. The number of ether oxygens (including phenoxy) is 1. The van der Waals surface area contributed by atoms with E-state index in [0.717, 1.165) is 0 Å². The maximum atomic E-state index is 12.3. The number of likely N-dealkylation sites (N-methyl/N-ethyl adjacent to an activating group) is 1. The van der Waals surface area contributed by atoms with Crippen molar-refractivity contribution in [2.45, 2.75) is 17.4 Å². The van der Waals surface area contributed by atoms with Gasteiger partial charge in [0.25, 0.3) is 0 Å². The van der Waals surface area contributed by atoms with Crippen LogP contribution in [0.1, 0.15) is 6.42 Å². The van der Waals surface area contributed by atoms with Gasteiger partial charge in [-0.3, -0.25) is 0 Å². The molecule has 1 saturated heterocycles. The van der Waals surface area contributed by atoms with Crippen LogP contribution in [0.2, 0.25) is 5.15 Å².